The minimum absolute atomic E-state index is 0.229. The van der Waals surface area contributed by atoms with Crippen molar-refractivity contribution in [3.8, 4) is 5.75 Å². The summed E-state index contributed by atoms with van der Waals surface area (Å²) in [5.74, 6) is -4.37. The van der Waals surface area contributed by atoms with Crippen LogP contribution in [0.3, 0.4) is 0 Å². The third-order valence-electron chi connectivity index (χ3n) is 7.54. The largest absolute Gasteiger partial charge is 0.484 e. The summed E-state index contributed by atoms with van der Waals surface area (Å²) in [6.07, 6.45) is -4.81. The fraction of sp³-hybridized carbons (Fsp3) is 0.219. The van der Waals surface area contributed by atoms with E-state index in [-0.39, 0.29) is 12.4 Å². The Kier molecular flexibility index (Phi) is 8.68. The van der Waals surface area contributed by atoms with Crippen molar-refractivity contribution in [1.82, 2.24) is 4.98 Å². The Labute approximate surface area is 272 Å². The number of carbonyl (C=O) groups is 4. The van der Waals surface area contributed by atoms with E-state index in [1.54, 1.807) is 43.3 Å². The summed E-state index contributed by atoms with van der Waals surface area (Å²) in [6, 6.07) is 16.9. The first-order valence-corrected chi connectivity index (χ1v) is 15.9. The molecule has 3 amide bonds. The number of thioether (sulfide) groups is 1. The number of rotatable bonds is 8. The van der Waals surface area contributed by atoms with Crippen LogP contribution in [0.5, 0.6) is 5.75 Å². The van der Waals surface area contributed by atoms with Crippen LogP contribution in [0.25, 0.3) is 0 Å². The average molecular weight is 684 g/mol. The maximum Gasteiger partial charge on any atom is 0.418 e. The normalized spacial score (nSPS) is 18.8. The van der Waals surface area contributed by atoms with Crippen LogP contribution in [-0.2, 0) is 25.3 Å². The van der Waals surface area contributed by atoms with E-state index in [2.05, 4.69) is 10.3 Å². The minimum Gasteiger partial charge on any atom is -0.484 e. The second-order valence-electron chi connectivity index (χ2n) is 10.5. The average Bonchev–Trinajstić information content (AvgIpc) is 3.53. The van der Waals surface area contributed by atoms with Gasteiger partial charge in [-0.25, -0.2) is 9.69 Å². The van der Waals surface area contributed by atoms with Gasteiger partial charge in [-0.3, -0.25) is 19.2 Å². The number of imide groups is 1. The number of thiazole rings is 1. The number of H-pyrrole nitrogens is 1. The highest BCUT2D eigenvalue weighted by Gasteiger charge is 2.57. The van der Waals surface area contributed by atoms with E-state index in [1.165, 1.54) is 24.3 Å². The highest BCUT2D eigenvalue weighted by Crippen LogP contribution is 2.54. The number of ether oxygens (including phenoxy) is 2. The van der Waals surface area contributed by atoms with Crippen LogP contribution in [-0.4, -0.2) is 47.1 Å². The third kappa shape index (κ3) is 6.27. The zero-order valence-corrected chi connectivity index (χ0v) is 26.0. The number of esters is 1. The lowest BCUT2D eigenvalue weighted by molar-refractivity contribution is -0.137. The number of benzene rings is 3. The monoisotopic (exact) mass is 683 g/mol. The number of carbonyl (C=O) groups excluding carboxylic acids is 4. The Morgan fingerprint density at radius 1 is 0.979 bits per heavy atom. The van der Waals surface area contributed by atoms with Crippen LogP contribution in [0.2, 0.25) is 0 Å². The molecule has 6 rings (SSSR count). The summed E-state index contributed by atoms with van der Waals surface area (Å²) in [7, 11) is 0. The standard InChI is InChI=1S/C32H24F3N3O7S2/c1-2-44-30(42)16-10-12-18(13-11-16)36-22(39)15-45-19-7-5-6-17(14-19)23-24-26(46-27-25(23)47-31(43)37-27)29(41)38(28(24)40)21-9-4-3-8-20(21)32(33,34)35/h3-14,23-24,26H,2,15H2,1H3,(H,36,39)(H,37,43). The van der Waals surface area contributed by atoms with Gasteiger partial charge in [-0.05, 0) is 61.0 Å². The van der Waals surface area contributed by atoms with Crippen molar-refractivity contribution in [2.75, 3.05) is 23.4 Å². The van der Waals surface area contributed by atoms with Crippen molar-refractivity contribution in [2.24, 2.45) is 5.92 Å². The number of hydrogen-bond donors (Lipinski definition) is 2. The summed E-state index contributed by atoms with van der Waals surface area (Å²) in [6.45, 7) is 1.52. The number of aromatic nitrogens is 1. The molecule has 2 aliphatic rings. The van der Waals surface area contributed by atoms with E-state index in [0.29, 0.717) is 31.6 Å². The number of anilines is 2. The van der Waals surface area contributed by atoms with Gasteiger partial charge in [-0.1, -0.05) is 47.4 Å². The fourth-order valence-electron chi connectivity index (χ4n) is 5.57. The Bertz CT molecular complexity index is 1940. The third-order valence-corrected chi connectivity index (χ3v) is 9.94. The summed E-state index contributed by atoms with van der Waals surface area (Å²) in [5.41, 5.74) is -0.460. The van der Waals surface area contributed by atoms with Crippen LogP contribution < -0.4 is 19.8 Å². The second kappa shape index (κ2) is 12.7. The SMILES string of the molecule is CCOC(=O)c1ccc(NC(=O)COc2cccc(C3c4sc(=O)[nH]c4SC4C(=O)N(c5ccccc5C(F)(F)F)C(=O)C43)c2)cc1. The zero-order valence-electron chi connectivity index (χ0n) is 24.3. The topological polar surface area (TPSA) is 135 Å². The predicted octanol–water partition coefficient (Wildman–Crippen LogP) is 5.45. The molecule has 0 saturated carbocycles. The van der Waals surface area contributed by atoms with Crippen molar-refractivity contribution >= 4 is 58.2 Å². The molecule has 47 heavy (non-hydrogen) atoms. The van der Waals surface area contributed by atoms with Gasteiger partial charge in [0.2, 0.25) is 11.8 Å². The summed E-state index contributed by atoms with van der Waals surface area (Å²) < 4.78 is 52.3. The summed E-state index contributed by atoms with van der Waals surface area (Å²) in [5, 5.41) is 1.92. The van der Waals surface area contributed by atoms with E-state index in [9.17, 15) is 37.1 Å². The molecule has 3 unspecified atom stereocenters. The van der Waals surface area contributed by atoms with E-state index >= 15 is 0 Å². The molecule has 2 aliphatic heterocycles. The lowest BCUT2D eigenvalue weighted by atomic mass is 9.83. The molecular weight excluding hydrogens is 659 g/mol. The predicted molar refractivity (Wildman–Crippen MR) is 167 cm³/mol. The zero-order chi connectivity index (χ0) is 33.5. The molecule has 0 radical (unpaired) electrons. The molecule has 1 saturated heterocycles. The van der Waals surface area contributed by atoms with Crippen molar-refractivity contribution in [3.05, 3.63) is 104 Å². The lowest BCUT2D eigenvalue weighted by Crippen LogP contribution is -2.33. The number of aromatic amines is 1. The number of fused-ring (bicyclic) bond motifs is 2. The van der Waals surface area contributed by atoms with Crippen molar-refractivity contribution in [1.29, 1.82) is 0 Å². The van der Waals surface area contributed by atoms with Crippen molar-refractivity contribution in [3.63, 3.8) is 0 Å². The van der Waals surface area contributed by atoms with Crippen molar-refractivity contribution < 1.29 is 41.8 Å². The van der Waals surface area contributed by atoms with Crippen LogP contribution in [0, 0.1) is 5.92 Å². The highest BCUT2D eigenvalue weighted by atomic mass is 32.2. The molecule has 3 atom stereocenters. The minimum atomic E-state index is -4.81. The second-order valence-corrected chi connectivity index (χ2v) is 12.7. The van der Waals surface area contributed by atoms with Gasteiger partial charge >= 0.3 is 17.0 Å². The van der Waals surface area contributed by atoms with Crippen LogP contribution in [0.4, 0.5) is 24.5 Å². The number of nitrogens with one attached hydrogen (secondary N) is 2. The number of alkyl halides is 3. The smallest absolute Gasteiger partial charge is 0.418 e. The quantitative estimate of drug-likeness (QED) is 0.185. The summed E-state index contributed by atoms with van der Waals surface area (Å²) in [4.78, 5) is 67.7. The number of amides is 3. The molecule has 242 valence electrons. The van der Waals surface area contributed by atoms with Gasteiger partial charge in [0.15, 0.2) is 6.61 Å². The van der Waals surface area contributed by atoms with Gasteiger partial charge < -0.3 is 19.8 Å². The molecule has 4 aromatic rings. The molecule has 10 nitrogen and oxygen atoms in total. The van der Waals surface area contributed by atoms with Crippen molar-refractivity contribution in [2.45, 2.75) is 29.3 Å². The number of hydrogen-bond acceptors (Lipinski definition) is 9. The summed E-state index contributed by atoms with van der Waals surface area (Å²) >= 11 is 1.80. The van der Waals surface area contributed by atoms with E-state index in [1.807, 2.05) is 0 Å². The lowest BCUT2D eigenvalue weighted by Gasteiger charge is -2.30. The Morgan fingerprint density at radius 2 is 1.72 bits per heavy atom. The van der Waals surface area contributed by atoms with E-state index in [4.69, 9.17) is 9.47 Å². The molecule has 15 heteroatoms. The number of halogens is 3. The molecule has 0 spiro atoms. The van der Waals surface area contributed by atoms with Gasteiger partial charge in [-0.15, -0.1) is 0 Å². The van der Waals surface area contributed by atoms with Gasteiger partial charge in [0.25, 0.3) is 5.91 Å². The Balaban J connectivity index is 1.24. The number of nitrogens with zero attached hydrogens (tertiary/aromatic N) is 1. The number of para-hydroxylation sites is 1. The van der Waals surface area contributed by atoms with Gasteiger partial charge in [0.05, 0.1) is 34.4 Å². The van der Waals surface area contributed by atoms with Gasteiger partial charge in [-0.2, -0.15) is 13.2 Å². The first-order valence-electron chi connectivity index (χ1n) is 14.2. The Hall–Kier alpha value is -4.89. The fourth-order valence-corrected chi connectivity index (χ4v) is 8.08. The molecule has 1 fully saturated rings. The molecule has 0 bridgehead atoms. The molecule has 3 aromatic carbocycles. The molecule has 2 N–H and O–H groups in total. The maximum absolute atomic E-state index is 13.9. The molecular formula is C32H24F3N3O7S2. The maximum atomic E-state index is 13.9. The van der Waals surface area contributed by atoms with Gasteiger partial charge in [0.1, 0.15) is 11.0 Å². The Morgan fingerprint density at radius 3 is 2.45 bits per heavy atom. The van der Waals surface area contributed by atoms with Gasteiger partial charge in [0, 0.05) is 16.5 Å². The van der Waals surface area contributed by atoms with Crippen LogP contribution >= 0.6 is 23.1 Å². The first kappa shape index (κ1) is 32.1. The van der Waals surface area contributed by atoms with E-state index < -0.39 is 69.7 Å². The highest BCUT2D eigenvalue weighted by molar-refractivity contribution is 8.00. The van der Waals surface area contributed by atoms with E-state index in [0.717, 1.165) is 35.2 Å². The van der Waals surface area contributed by atoms with Crippen LogP contribution in [0.15, 0.2) is 82.6 Å². The molecule has 1 aromatic heterocycles. The molecule has 3 heterocycles. The molecule has 0 aliphatic carbocycles. The van der Waals surface area contributed by atoms with Crippen LogP contribution in [0.1, 0.15) is 39.2 Å². The first-order chi connectivity index (χ1) is 22.5.